The van der Waals surface area contributed by atoms with Crippen molar-refractivity contribution in [2.24, 2.45) is 5.92 Å². The Morgan fingerprint density at radius 2 is 1.77 bits per heavy atom. The maximum absolute atomic E-state index is 12.5. The van der Waals surface area contributed by atoms with Crippen molar-refractivity contribution in [3.05, 3.63) is 58.1 Å². The second-order valence-corrected chi connectivity index (χ2v) is 8.01. The molecular weight excluding hydrogens is 416 g/mol. The summed E-state index contributed by atoms with van der Waals surface area (Å²) in [6.07, 6.45) is 1.61. The van der Waals surface area contributed by atoms with E-state index in [1.807, 2.05) is 39.0 Å². The molecule has 1 saturated heterocycles. The van der Waals surface area contributed by atoms with Crippen molar-refractivity contribution in [3.63, 3.8) is 0 Å². The summed E-state index contributed by atoms with van der Waals surface area (Å²) in [4.78, 5) is 39.0. The lowest BCUT2D eigenvalue weighted by Crippen LogP contribution is -2.28. The minimum atomic E-state index is -0.618. The predicted octanol–water partition coefficient (Wildman–Crippen LogP) is 4.31. The van der Waals surface area contributed by atoms with Gasteiger partial charge < -0.3 is 15.0 Å². The predicted molar refractivity (Wildman–Crippen MR) is 121 cm³/mol. The Balaban J connectivity index is 1.60. The summed E-state index contributed by atoms with van der Waals surface area (Å²) in [5.74, 6) is -1.73. The van der Waals surface area contributed by atoms with E-state index in [0.29, 0.717) is 10.7 Å². The van der Waals surface area contributed by atoms with Gasteiger partial charge in [0.2, 0.25) is 5.91 Å². The number of nitrogens with zero attached hydrogens (tertiary/aromatic N) is 1. The summed E-state index contributed by atoms with van der Waals surface area (Å²) < 4.78 is 5.24. The van der Waals surface area contributed by atoms with E-state index in [1.54, 1.807) is 23.1 Å². The number of carbonyl (C=O) groups excluding carboxylic acids is 3. The molecule has 0 radical (unpaired) electrons. The van der Waals surface area contributed by atoms with Crippen molar-refractivity contribution < 1.29 is 19.1 Å². The quantitative estimate of drug-likeness (QED) is 0.648. The highest BCUT2D eigenvalue weighted by molar-refractivity contribution is 6.31. The number of benzene rings is 2. The van der Waals surface area contributed by atoms with Gasteiger partial charge in [0.05, 0.1) is 5.92 Å². The van der Waals surface area contributed by atoms with Crippen LogP contribution in [0.3, 0.4) is 0 Å². The molecule has 6 nitrogen and oxygen atoms in total. The van der Waals surface area contributed by atoms with Gasteiger partial charge >= 0.3 is 5.97 Å². The third kappa shape index (κ3) is 5.07. The lowest BCUT2D eigenvalue weighted by atomic mass is 10.0. The second kappa shape index (κ2) is 9.96. The highest BCUT2D eigenvalue weighted by Gasteiger charge is 2.37. The van der Waals surface area contributed by atoms with Crippen LogP contribution in [0.15, 0.2) is 36.4 Å². The molecular formula is C24H27ClN2O4. The monoisotopic (exact) mass is 442 g/mol. The zero-order valence-electron chi connectivity index (χ0n) is 18.0. The third-order valence-corrected chi connectivity index (χ3v) is 6.01. The summed E-state index contributed by atoms with van der Waals surface area (Å²) in [6.45, 7) is 5.70. The number of halogens is 1. The number of rotatable bonds is 7. The van der Waals surface area contributed by atoms with Crippen LogP contribution in [0.4, 0.5) is 11.4 Å². The molecule has 1 heterocycles. The standard InChI is InChI=1S/C24H27ClN2O4/c1-4-16-8-6-9-17(5-2)23(16)26-21(28)14-31-24(30)18-12-22(29)27(13-18)20-11-7-10-19(25)15(20)3/h6-11,18H,4-5,12-14H2,1-3H3,(H,26,28)/t18-/m1/s1. The molecule has 0 bridgehead atoms. The number of hydrogen-bond donors (Lipinski definition) is 1. The number of nitrogens with one attached hydrogen (secondary N) is 1. The molecule has 0 aromatic heterocycles. The number of aryl methyl sites for hydroxylation is 2. The Kier molecular flexibility index (Phi) is 7.33. The SMILES string of the molecule is CCc1cccc(CC)c1NC(=O)COC(=O)[C@@H]1CC(=O)N(c2cccc(Cl)c2C)C1. The molecule has 1 aliphatic rings. The minimum absolute atomic E-state index is 0.0467. The van der Waals surface area contributed by atoms with Gasteiger partial charge in [-0.3, -0.25) is 14.4 Å². The Morgan fingerprint density at radius 1 is 1.13 bits per heavy atom. The minimum Gasteiger partial charge on any atom is -0.455 e. The zero-order chi connectivity index (χ0) is 22.5. The van der Waals surface area contributed by atoms with E-state index in [4.69, 9.17) is 16.3 Å². The Hall–Kier alpha value is -2.86. The molecule has 3 rings (SSSR count). The lowest BCUT2D eigenvalue weighted by Gasteiger charge is -2.19. The van der Waals surface area contributed by atoms with Crippen molar-refractivity contribution in [2.45, 2.75) is 40.0 Å². The number of anilines is 2. The van der Waals surface area contributed by atoms with Crippen molar-refractivity contribution in [1.82, 2.24) is 0 Å². The van der Waals surface area contributed by atoms with Crippen LogP contribution in [-0.4, -0.2) is 30.9 Å². The first-order chi connectivity index (χ1) is 14.8. The third-order valence-electron chi connectivity index (χ3n) is 5.60. The van der Waals surface area contributed by atoms with Gasteiger partial charge in [-0.1, -0.05) is 49.7 Å². The highest BCUT2D eigenvalue weighted by atomic mass is 35.5. The van der Waals surface area contributed by atoms with Crippen LogP contribution in [0, 0.1) is 12.8 Å². The summed E-state index contributed by atoms with van der Waals surface area (Å²) in [5, 5.41) is 3.44. The Morgan fingerprint density at radius 3 is 2.42 bits per heavy atom. The van der Waals surface area contributed by atoms with Crippen molar-refractivity contribution in [3.8, 4) is 0 Å². The summed E-state index contributed by atoms with van der Waals surface area (Å²) in [6, 6.07) is 11.2. The van der Waals surface area contributed by atoms with Crippen molar-refractivity contribution in [2.75, 3.05) is 23.4 Å². The topological polar surface area (TPSA) is 75.7 Å². The van der Waals surface area contributed by atoms with Crippen LogP contribution in [0.2, 0.25) is 5.02 Å². The average Bonchev–Trinajstić information content (AvgIpc) is 3.15. The first kappa shape index (κ1) is 22.8. The summed E-state index contributed by atoms with van der Waals surface area (Å²) in [5.41, 5.74) is 4.33. The first-order valence-corrected chi connectivity index (χ1v) is 10.9. The zero-order valence-corrected chi connectivity index (χ0v) is 18.8. The molecule has 0 aliphatic carbocycles. The van der Waals surface area contributed by atoms with Crippen LogP contribution in [0.5, 0.6) is 0 Å². The van der Waals surface area contributed by atoms with E-state index in [1.165, 1.54) is 0 Å². The Bertz CT molecular complexity index is 983. The fraction of sp³-hybridized carbons (Fsp3) is 0.375. The number of carbonyl (C=O) groups is 3. The van der Waals surface area contributed by atoms with Crippen molar-refractivity contribution >= 4 is 40.8 Å². The van der Waals surface area contributed by atoms with Gasteiger partial charge in [0.25, 0.3) is 5.91 Å². The lowest BCUT2D eigenvalue weighted by molar-refractivity contribution is -0.151. The molecule has 1 N–H and O–H groups in total. The second-order valence-electron chi connectivity index (χ2n) is 7.60. The van der Waals surface area contributed by atoms with Crippen LogP contribution < -0.4 is 10.2 Å². The first-order valence-electron chi connectivity index (χ1n) is 10.5. The smallest absolute Gasteiger partial charge is 0.311 e. The largest absolute Gasteiger partial charge is 0.455 e. The van der Waals surface area contributed by atoms with Crippen LogP contribution in [0.1, 0.15) is 37.0 Å². The van der Waals surface area contributed by atoms with E-state index in [2.05, 4.69) is 5.32 Å². The van der Waals surface area contributed by atoms with Crippen LogP contribution >= 0.6 is 11.6 Å². The fourth-order valence-electron chi connectivity index (χ4n) is 3.82. The molecule has 0 saturated carbocycles. The molecule has 1 atom stereocenters. The maximum Gasteiger partial charge on any atom is 0.311 e. The van der Waals surface area contributed by atoms with Gasteiger partial charge in [0.1, 0.15) is 0 Å². The van der Waals surface area contributed by atoms with Gasteiger partial charge in [0, 0.05) is 29.4 Å². The molecule has 2 aromatic rings. The molecule has 1 fully saturated rings. The number of ether oxygens (including phenoxy) is 1. The van der Waals surface area contributed by atoms with Gasteiger partial charge in [-0.05, 0) is 48.6 Å². The normalized spacial score (nSPS) is 15.8. The fourth-order valence-corrected chi connectivity index (χ4v) is 3.99. The van der Waals surface area contributed by atoms with Gasteiger partial charge in [-0.2, -0.15) is 0 Å². The van der Waals surface area contributed by atoms with E-state index in [9.17, 15) is 14.4 Å². The molecule has 2 amide bonds. The van der Waals surface area contributed by atoms with Gasteiger partial charge in [0.15, 0.2) is 6.61 Å². The molecule has 7 heteroatoms. The number of amides is 2. The molecule has 1 aliphatic heterocycles. The van der Waals surface area contributed by atoms with E-state index in [0.717, 1.165) is 35.2 Å². The average molecular weight is 443 g/mol. The summed E-state index contributed by atoms with van der Waals surface area (Å²) >= 11 is 6.16. The van der Waals surface area contributed by atoms with E-state index < -0.39 is 17.8 Å². The van der Waals surface area contributed by atoms with E-state index in [-0.39, 0.29) is 25.5 Å². The number of hydrogen-bond acceptors (Lipinski definition) is 4. The molecule has 31 heavy (non-hydrogen) atoms. The van der Waals surface area contributed by atoms with Crippen molar-refractivity contribution in [1.29, 1.82) is 0 Å². The molecule has 2 aromatic carbocycles. The maximum atomic E-state index is 12.5. The van der Waals surface area contributed by atoms with E-state index >= 15 is 0 Å². The molecule has 164 valence electrons. The molecule has 0 unspecified atom stereocenters. The van der Waals surface area contributed by atoms with Gasteiger partial charge in [-0.25, -0.2) is 0 Å². The number of para-hydroxylation sites is 1. The van der Waals surface area contributed by atoms with Crippen LogP contribution in [-0.2, 0) is 32.0 Å². The summed E-state index contributed by atoms with van der Waals surface area (Å²) in [7, 11) is 0. The molecule has 0 spiro atoms. The number of esters is 1. The highest BCUT2D eigenvalue weighted by Crippen LogP contribution is 2.31. The van der Waals surface area contributed by atoms with Crippen LogP contribution in [0.25, 0.3) is 0 Å². The van der Waals surface area contributed by atoms with Gasteiger partial charge in [-0.15, -0.1) is 0 Å². The Labute approximate surface area is 187 Å².